The maximum Gasteiger partial charge on any atom is 0.164 e. The van der Waals surface area contributed by atoms with Crippen LogP contribution in [0, 0.1) is 6.92 Å². The van der Waals surface area contributed by atoms with Gasteiger partial charge in [0, 0.05) is 15.6 Å². The molecule has 0 unspecified atom stereocenters. The lowest BCUT2D eigenvalue weighted by Crippen LogP contribution is -1.98. The summed E-state index contributed by atoms with van der Waals surface area (Å²) in [5.74, 6) is 0.563. The average molecular weight is 397 g/mol. The third-order valence-electron chi connectivity index (χ3n) is 3.27. The number of nitrogens with zero attached hydrogens (tertiary/aromatic N) is 1. The fourth-order valence-corrected chi connectivity index (χ4v) is 3.00. The summed E-state index contributed by atoms with van der Waals surface area (Å²) in [6, 6.07) is 13.5. The molecule has 0 amide bonds. The minimum Gasteiger partial charge on any atom is -0.485 e. The van der Waals surface area contributed by atoms with Crippen molar-refractivity contribution in [1.29, 1.82) is 0 Å². The smallest absolute Gasteiger partial charge is 0.164 e. The van der Waals surface area contributed by atoms with E-state index in [0.717, 1.165) is 21.1 Å². The summed E-state index contributed by atoms with van der Waals surface area (Å²) < 4.78 is 6.95. The monoisotopic (exact) mass is 395 g/mol. The van der Waals surface area contributed by atoms with Crippen LogP contribution in [0.15, 0.2) is 46.9 Å². The fourth-order valence-electron chi connectivity index (χ4n) is 2.16. The molecule has 0 saturated carbocycles. The SMILES string of the molecule is Cc1ccc2c(Cl)cc(Cl)c(OCc3ccc(Br)cc3)c2n1. The Balaban J connectivity index is 1.99. The van der Waals surface area contributed by atoms with Gasteiger partial charge in [0.25, 0.3) is 0 Å². The second kappa shape index (κ2) is 6.45. The van der Waals surface area contributed by atoms with Crippen LogP contribution in [0.4, 0.5) is 0 Å². The number of pyridine rings is 1. The predicted molar refractivity (Wildman–Crippen MR) is 95.0 cm³/mol. The first-order valence-corrected chi connectivity index (χ1v) is 8.22. The lowest BCUT2D eigenvalue weighted by Gasteiger charge is -2.12. The summed E-state index contributed by atoms with van der Waals surface area (Å²) in [6.07, 6.45) is 0. The Labute approximate surface area is 147 Å². The maximum absolute atomic E-state index is 6.30. The normalized spacial score (nSPS) is 10.9. The molecule has 0 radical (unpaired) electrons. The number of aromatic nitrogens is 1. The zero-order chi connectivity index (χ0) is 15.7. The topological polar surface area (TPSA) is 22.1 Å². The number of rotatable bonds is 3. The van der Waals surface area contributed by atoms with E-state index < -0.39 is 0 Å². The van der Waals surface area contributed by atoms with Gasteiger partial charge in [-0.3, -0.25) is 0 Å². The van der Waals surface area contributed by atoms with E-state index in [1.165, 1.54) is 0 Å². The van der Waals surface area contributed by atoms with Gasteiger partial charge in [0.2, 0.25) is 0 Å². The molecule has 0 aliphatic carbocycles. The zero-order valence-corrected chi connectivity index (χ0v) is 14.8. The molecule has 0 aliphatic heterocycles. The second-order valence-corrected chi connectivity index (χ2v) is 6.66. The Kier molecular flexibility index (Phi) is 4.57. The second-order valence-electron chi connectivity index (χ2n) is 4.93. The number of hydrogen-bond acceptors (Lipinski definition) is 2. The molecule has 5 heteroatoms. The Bertz CT molecular complexity index is 834. The highest BCUT2D eigenvalue weighted by Gasteiger charge is 2.13. The fraction of sp³-hybridized carbons (Fsp3) is 0.118. The Morgan fingerprint density at radius 3 is 2.50 bits per heavy atom. The van der Waals surface area contributed by atoms with E-state index in [-0.39, 0.29) is 0 Å². The average Bonchev–Trinajstić information content (AvgIpc) is 2.48. The van der Waals surface area contributed by atoms with Crippen LogP contribution in [0.5, 0.6) is 5.75 Å². The van der Waals surface area contributed by atoms with Crippen LogP contribution in [0.3, 0.4) is 0 Å². The number of halogens is 3. The molecule has 0 bridgehead atoms. The summed E-state index contributed by atoms with van der Waals surface area (Å²) >= 11 is 15.9. The van der Waals surface area contributed by atoms with E-state index in [1.54, 1.807) is 6.07 Å². The van der Waals surface area contributed by atoms with E-state index in [4.69, 9.17) is 27.9 Å². The van der Waals surface area contributed by atoms with Gasteiger partial charge < -0.3 is 4.74 Å². The maximum atomic E-state index is 6.30. The lowest BCUT2D eigenvalue weighted by molar-refractivity contribution is 0.309. The summed E-state index contributed by atoms with van der Waals surface area (Å²) in [5, 5.41) is 1.87. The predicted octanol–water partition coefficient (Wildman–Crippen LogP) is 6.19. The molecule has 2 nitrogen and oxygen atoms in total. The molecular formula is C17H12BrCl2NO. The van der Waals surface area contributed by atoms with Crippen molar-refractivity contribution in [3.05, 3.63) is 68.2 Å². The lowest BCUT2D eigenvalue weighted by atomic mass is 10.2. The van der Waals surface area contributed by atoms with Crippen molar-refractivity contribution >= 4 is 50.0 Å². The van der Waals surface area contributed by atoms with Crippen LogP contribution in [-0.4, -0.2) is 4.98 Å². The van der Waals surface area contributed by atoms with Crippen molar-refractivity contribution in [2.45, 2.75) is 13.5 Å². The van der Waals surface area contributed by atoms with Gasteiger partial charge in [0.15, 0.2) is 5.75 Å². The highest BCUT2D eigenvalue weighted by atomic mass is 79.9. The van der Waals surface area contributed by atoms with Crippen LogP contribution in [-0.2, 0) is 6.61 Å². The molecule has 0 aliphatic rings. The molecule has 0 saturated heterocycles. The molecule has 1 heterocycles. The highest BCUT2D eigenvalue weighted by Crippen LogP contribution is 2.37. The Morgan fingerprint density at radius 2 is 1.77 bits per heavy atom. The van der Waals surface area contributed by atoms with Crippen molar-refractivity contribution in [2.75, 3.05) is 0 Å². The first-order chi connectivity index (χ1) is 10.5. The quantitative estimate of drug-likeness (QED) is 0.526. The number of ether oxygens (including phenoxy) is 1. The molecule has 0 atom stereocenters. The summed E-state index contributed by atoms with van der Waals surface area (Å²) in [5.41, 5.74) is 2.63. The van der Waals surface area contributed by atoms with Crippen molar-refractivity contribution in [3.8, 4) is 5.75 Å². The van der Waals surface area contributed by atoms with Crippen molar-refractivity contribution in [1.82, 2.24) is 4.98 Å². The number of aryl methyl sites for hydroxylation is 1. The van der Waals surface area contributed by atoms with Crippen LogP contribution in [0.1, 0.15) is 11.3 Å². The van der Waals surface area contributed by atoms with E-state index in [9.17, 15) is 0 Å². The largest absolute Gasteiger partial charge is 0.485 e. The minimum atomic E-state index is 0.416. The third kappa shape index (κ3) is 3.22. The molecule has 3 rings (SSSR count). The van der Waals surface area contributed by atoms with E-state index >= 15 is 0 Å². The van der Waals surface area contributed by atoms with Gasteiger partial charge in [0.1, 0.15) is 12.1 Å². The molecule has 0 N–H and O–H groups in total. The minimum absolute atomic E-state index is 0.416. The van der Waals surface area contributed by atoms with Gasteiger partial charge >= 0.3 is 0 Å². The molecule has 1 aromatic heterocycles. The van der Waals surface area contributed by atoms with E-state index in [1.807, 2.05) is 43.3 Å². The number of fused-ring (bicyclic) bond motifs is 1. The van der Waals surface area contributed by atoms with Gasteiger partial charge in [-0.05, 0) is 42.8 Å². The van der Waals surface area contributed by atoms with Crippen LogP contribution in [0.2, 0.25) is 10.0 Å². The zero-order valence-electron chi connectivity index (χ0n) is 11.7. The van der Waals surface area contributed by atoms with Crippen molar-refractivity contribution in [3.63, 3.8) is 0 Å². The van der Waals surface area contributed by atoms with Crippen LogP contribution >= 0.6 is 39.1 Å². The third-order valence-corrected chi connectivity index (χ3v) is 4.40. The van der Waals surface area contributed by atoms with Gasteiger partial charge in [0.05, 0.1) is 10.0 Å². The summed E-state index contributed by atoms with van der Waals surface area (Å²) in [4.78, 5) is 4.52. The summed E-state index contributed by atoms with van der Waals surface area (Å²) in [7, 11) is 0. The molecule has 0 fully saturated rings. The molecular weight excluding hydrogens is 385 g/mol. The van der Waals surface area contributed by atoms with Crippen LogP contribution in [0.25, 0.3) is 10.9 Å². The highest BCUT2D eigenvalue weighted by molar-refractivity contribution is 9.10. The van der Waals surface area contributed by atoms with Gasteiger partial charge in [-0.2, -0.15) is 0 Å². The van der Waals surface area contributed by atoms with Crippen LogP contribution < -0.4 is 4.74 Å². The number of hydrogen-bond donors (Lipinski definition) is 0. The van der Waals surface area contributed by atoms with E-state index in [0.29, 0.717) is 27.9 Å². The molecule has 3 aromatic rings. The molecule has 0 spiro atoms. The van der Waals surface area contributed by atoms with Gasteiger partial charge in [-0.25, -0.2) is 4.98 Å². The van der Waals surface area contributed by atoms with Crippen molar-refractivity contribution in [2.24, 2.45) is 0 Å². The molecule has 112 valence electrons. The van der Waals surface area contributed by atoms with Crippen molar-refractivity contribution < 1.29 is 4.74 Å². The Hall–Kier alpha value is -1.29. The van der Waals surface area contributed by atoms with Gasteiger partial charge in [-0.1, -0.05) is 51.3 Å². The first kappa shape index (κ1) is 15.6. The van der Waals surface area contributed by atoms with Gasteiger partial charge in [-0.15, -0.1) is 0 Å². The number of benzene rings is 2. The first-order valence-electron chi connectivity index (χ1n) is 6.67. The van der Waals surface area contributed by atoms with E-state index in [2.05, 4.69) is 20.9 Å². The molecule has 22 heavy (non-hydrogen) atoms. The standard InChI is InChI=1S/C17H12BrCl2NO/c1-10-2-7-13-14(19)8-15(20)17(16(13)21-10)22-9-11-3-5-12(18)6-4-11/h2-8H,9H2,1H3. The molecule has 2 aromatic carbocycles. The Morgan fingerprint density at radius 1 is 1.05 bits per heavy atom. The summed E-state index contributed by atoms with van der Waals surface area (Å²) in [6.45, 7) is 2.34.